The largest absolute Gasteiger partial charge is 0.294 e. The maximum atomic E-state index is 13.8. The molecule has 156 valence electrons. The minimum absolute atomic E-state index is 0.0425. The second kappa shape index (κ2) is 8.76. The van der Waals surface area contributed by atoms with Crippen LogP contribution in [0.3, 0.4) is 0 Å². The molecule has 2 heteroatoms. The minimum atomic E-state index is -0.405. The summed E-state index contributed by atoms with van der Waals surface area (Å²) >= 11 is 0. The summed E-state index contributed by atoms with van der Waals surface area (Å²) in [7, 11) is 0. The molecule has 0 bridgehead atoms. The van der Waals surface area contributed by atoms with Gasteiger partial charge in [-0.1, -0.05) is 121 Å². The van der Waals surface area contributed by atoms with Crippen LogP contribution in [0.15, 0.2) is 121 Å². The van der Waals surface area contributed by atoms with Gasteiger partial charge in [0, 0.05) is 34.8 Å². The van der Waals surface area contributed by atoms with Crippen LogP contribution in [0.5, 0.6) is 0 Å². The SMILES string of the molecule is O=C(c1ccccc1)[C@@H]1[C@H](C(=O)c2ccccc2)[C@H](c2ccccc2)[C@H]1c1ccccc1. The summed E-state index contributed by atoms with van der Waals surface area (Å²) in [5.41, 5.74) is 3.53. The Morgan fingerprint density at radius 1 is 0.406 bits per heavy atom. The minimum Gasteiger partial charge on any atom is -0.294 e. The molecule has 5 rings (SSSR count). The molecule has 0 unspecified atom stereocenters. The van der Waals surface area contributed by atoms with E-state index in [1.165, 1.54) is 0 Å². The predicted molar refractivity (Wildman–Crippen MR) is 127 cm³/mol. The first-order valence-electron chi connectivity index (χ1n) is 11.0. The maximum absolute atomic E-state index is 13.8. The molecule has 0 amide bonds. The molecule has 4 atom stereocenters. The fourth-order valence-electron chi connectivity index (χ4n) is 5.17. The lowest BCUT2D eigenvalue weighted by molar-refractivity contribution is 0.0456. The van der Waals surface area contributed by atoms with Crippen molar-refractivity contribution in [1.82, 2.24) is 0 Å². The van der Waals surface area contributed by atoms with Crippen LogP contribution in [0.1, 0.15) is 43.7 Å². The third-order valence-electron chi connectivity index (χ3n) is 6.64. The molecule has 1 aliphatic rings. The number of hydrogen-bond acceptors (Lipinski definition) is 2. The Hall–Kier alpha value is -3.78. The highest BCUT2D eigenvalue weighted by Gasteiger charge is 2.57. The zero-order valence-electron chi connectivity index (χ0n) is 17.7. The van der Waals surface area contributed by atoms with Crippen molar-refractivity contribution in [1.29, 1.82) is 0 Å². The lowest BCUT2D eigenvalue weighted by Crippen LogP contribution is -2.51. The van der Waals surface area contributed by atoms with E-state index in [0.29, 0.717) is 11.1 Å². The van der Waals surface area contributed by atoms with Crippen molar-refractivity contribution in [2.75, 3.05) is 0 Å². The zero-order valence-corrected chi connectivity index (χ0v) is 17.7. The van der Waals surface area contributed by atoms with Crippen molar-refractivity contribution in [3.8, 4) is 0 Å². The van der Waals surface area contributed by atoms with Crippen LogP contribution in [0.4, 0.5) is 0 Å². The van der Waals surface area contributed by atoms with Gasteiger partial charge < -0.3 is 0 Å². The van der Waals surface area contributed by atoms with Crippen molar-refractivity contribution in [3.05, 3.63) is 144 Å². The van der Waals surface area contributed by atoms with Gasteiger partial charge in [0.05, 0.1) is 0 Å². The van der Waals surface area contributed by atoms with E-state index < -0.39 is 11.8 Å². The van der Waals surface area contributed by atoms with Crippen molar-refractivity contribution < 1.29 is 9.59 Å². The summed E-state index contributed by atoms with van der Waals surface area (Å²) in [5, 5.41) is 0. The van der Waals surface area contributed by atoms with Crippen LogP contribution in [0.25, 0.3) is 0 Å². The standard InChI is InChI=1S/C30H24O2/c31-29(23-17-9-3-10-18-23)27-25(21-13-5-1-6-14-21)26(22-15-7-2-8-16-22)28(27)30(32)24-19-11-4-12-20-24/h1-20,25-28H/t25-,26-,27-,28+/m1/s1. The summed E-state index contributed by atoms with van der Waals surface area (Å²) in [5.74, 6) is -0.829. The molecular formula is C30H24O2. The van der Waals surface area contributed by atoms with Crippen molar-refractivity contribution >= 4 is 11.6 Å². The van der Waals surface area contributed by atoms with Crippen LogP contribution < -0.4 is 0 Å². The smallest absolute Gasteiger partial charge is 0.167 e. The summed E-state index contributed by atoms with van der Waals surface area (Å²) < 4.78 is 0. The van der Waals surface area contributed by atoms with Gasteiger partial charge in [0.25, 0.3) is 0 Å². The molecule has 0 heterocycles. The van der Waals surface area contributed by atoms with E-state index in [9.17, 15) is 9.59 Å². The fourth-order valence-corrected chi connectivity index (χ4v) is 5.17. The average Bonchev–Trinajstić information content (AvgIpc) is 2.86. The molecule has 0 N–H and O–H groups in total. The topological polar surface area (TPSA) is 34.1 Å². The average molecular weight is 417 g/mol. The number of Topliss-reactive ketones (excluding diaryl/α,β-unsaturated/α-hetero) is 2. The highest BCUT2D eigenvalue weighted by molar-refractivity contribution is 6.07. The molecule has 0 saturated heterocycles. The molecule has 0 aliphatic heterocycles. The first-order chi connectivity index (χ1) is 15.8. The maximum Gasteiger partial charge on any atom is 0.167 e. The van der Waals surface area contributed by atoms with E-state index >= 15 is 0 Å². The van der Waals surface area contributed by atoms with Crippen LogP contribution >= 0.6 is 0 Å². The van der Waals surface area contributed by atoms with Crippen LogP contribution in [0.2, 0.25) is 0 Å². The van der Waals surface area contributed by atoms with E-state index in [2.05, 4.69) is 24.3 Å². The second-order valence-corrected chi connectivity index (χ2v) is 8.39. The van der Waals surface area contributed by atoms with E-state index in [0.717, 1.165) is 11.1 Å². The van der Waals surface area contributed by atoms with Crippen molar-refractivity contribution in [2.24, 2.45) is 11.8 Å². The molecular weight excluding hydrogens is 392 g/mol. The van der Waals surface area contributed by atoms with Gasteiger partial charge in [-0.2, -0.15) is 0 Å². The Kier molecular flexibility index (Phi) is 5.51. The van der Waals surface area contributed by atoms with E-state index in [1.54, 1.807) is 0 Å². The van der Waals surface area contributed by atoms with Gasteiger partial charge in [-0.3, -0.25) is 9.59 Å². The van der Waals surface area contributed by atoms with E-state index in [1.807, 2.05) is 97.1 Å². The van der Waals surface area contributed by atoms with Gasteiger partial charge in [0.15, 0.2) is 11.6 Å². The normalized spacial score (nSPS) is 22.0. The quantitative estimate of drug-likeness (QED) is 0.333. The van der Waals surface area contributed by atoms with Gasteiger partial charge in [0.1, 0.15) is 0 Å². The summed E-state index contributed by atoms with van der Waals surface area (Å²) in [6, 6.07) is 39.1. The van der Waals surface area contributed by atoms with E-state index in [-0.39, 0.29) is 23.4 Å². The lowest BCUT2D eigenvalue weighted by atomic mass is 9.49. The predicted octanol–water partition coefficient (Wildman–Crippen LogP) is 6.57. The number of ketones is 2. The zero-order chi connectivity index (χ0) is 21.9. The van der Waals surface area contributed by atoms with Gasteiger partial charge in [-0.05, 0) is 11.1 Å². The Morgan fingerprint density at radius 3 is 1.00 bits per heavy atom. The van der Waals surface area contributed by atoms with Crippen molar-refractivity contribution in [2.45, 2.75) is 11.8 Å². The van der Waals surface area contributed by atoms with Gasteiger partial charge in [-0.15, -0.1) is 0 Å². The summed E-state index contributed by atoms with van der Waals surface area (Å²) in [4.78, 5) is 27.6. The number of carbonyl (C=O) groups excluding carboxylic acids is 2. The molecule has 32 heavy (non-hydrogen) atoms. The Labute approximate surface area is 188 Å². The first-order valence-corrected chi connectivity index (χ1v) is 11.0. The number of rotatable bonds is 6. The summed E-state index contributed by atoms with van der Waals surface area (Å²) in [6.07, 6.45) is 0. The third kappa shape index (κ3) is 3.58. The van der Waals surface area contributed by atoms with Gasteiger partial charge in [0.2, 0.25) is 0 Å². The second-order valence-electron chi connectivity index (χ2n) is 8.39. The Morgan fingerprint density at radius 2 is 0.688 bits per heavy atom. The molecule has 0 radical (unpaired) electrons. The molecule has 4 aromatic carbocycles. The number of carbonyl (C=O) groups is 2. The number of benzene rings is 4. The first kappa shape index (κ1) is 20.1. The Bertz CT molecular complexity index is 1100. The van der Waals surface area contributed by atoms with E-state index in [4.69, 9.17) is 0 Å². The molecule has 2 nitrogen and oxygen atoms in total. The van der Waals surface area contributed by atoms with Gasteiger partial charge in [-0.25, -0.2) is 0 Å². The molecule has 1 aliphatic carbocycles. The van der Waals surface area contributed by atoms with Crippen LogP contribution in [-0.2, 0) is 0 Å². The highest BCUT2D eigenvalue weighted by atomic mass is 16.1. The van der Waals surface area contributed by atoms with Crippen LogP contribution in [0, 0.1) is 11.8 Å². The molecule has 1 fully saturated rings. The molecule has 0 aromatic heterocycles. The molecule has 0 spiro atoms. The lowest BCUT2D eigenvalue weighted by Gasteiger charge is -2.51. The highest BCUT2D eigenvalue weighted by Crippen LogP contribution is 2.59. The molecule has 4 aromatic rings. The number of hydrogen-bond donors (Lipinski definition) is 0. The van der Waals surface area contributed by atoms with Crippen LogP contribution in [-0.4, -0.2) is 11.6 Å². The monoisotopic (exact) mass is 416 g/mol. The third-order valence-corrected chi connectivity index (χ3v) is 6.64. The van der Waals surface area contributed by atoms with Crippen molar-refractivity contribution in [3.63, 3.8) is 0 Å². The summed E-state index contributed by atoms with van der Waals surface area (Å²) in [6.45, 7) is 0. The van der Waals surface area contributed by atoms with Gasteiger partial charge >= 0.3 is 0 Å². The Balaban J connectivity index is 1.64. The fraction of sp³-hybridized carbons (Fsp3) is 0.133. The molecule has 1 saturated carbocycles.